The second-order valence-corrected chi connectivity index (χ2v) is 6.61. The van der Waals surface area contributed by atoms with Crippen molar-refractivity contribution in [2.75, 3.05) is 13.1 Å². The Labute approximate surface area is 152 Å². The largest absolute Gasteiger partial charge is 0.349 e. The van der Waals surface area contributed by atoms with Gasteiger partial charge in [-0.05, 0) is 42.7 Å². The number of halogens is 1. The Bertz CT molecular complexity index is 743. The lowest BCUT2D eigenvalue weighted by Gasteiger charge is -2.32. The van der Waals surface area contributed by atoms with Gasteiger partial charge in [-0.3, -0.25) is 14.6 Å². The van der Waals surface area contributed by atoms with E-state index < -0.39 is 0 Å². The number of benzene rings is 1. The highest BCUT2D eigenvalue weighted by Gasteiger charge is 2.24. The van der Waals surface area contributed by atoms with Crippen LogP contribution in [0.1, 0.15) is 28.8 Å². The lowest BCUT2D eigenvalue weighted by atomic mass is 10.0. The van der Waals surface area contributed by atoms with Crippen molar-refractivity contribution >= 4 is 23.4 Å². The number of pyridine rings is 1. The van der Waals surface area contributed by atoms with Crippen molar-refractivity contribution < 1.29 is 9.59 Å². The van der Waals surface area contributed by atoms with Gasteiger partial charge in [-0.2, -0.15) is 0 Å². The number of nitrogens with zero attached hydrogens (tertiary/aromatic N) is 2. The van der Waals surface area contributed by atoms with Gasteiger partial charge < -0.3 is 10.2 Å². The monoisotopic (exact) mass is 357 g/mol. The summed E-state index contributed by atoms with van der Waals surface area (Å²) in [6.45, 7) is 1.30. The predicted octanol–water partition coefficient (Wildman–Crippen LogP) is 2.70. The number of likely N-dealkylation sites (tertiary alicyclic amines) is 1. The molecular weight excluding hydrogens is 338 g/mol. The van der Waals surface area contributed by atoms with Crippen molar-refractivity contribution in [3.63, 3.8) is 0 Å². The van der Waals surface area contributed by atoms with Crippen molar-refractivity contribution in [2.45, 2.75) is 25.3 Å². The maximum absolute atomic E-state index is 12.4. The Balaban J connectivity index is 1.48. The van der Waals surface area contributed by atoms with Crippen molar-refractivity contribution in [2.24, 2.45) is 0 Å². The first-order valence-corrected chi connectivity index (χ1v) is 8.73. The van der Waals surface area contributed by atoms with Crippen LogP contribution in [0.15, 0.2) is 48.8 Å². The number of carbonyl (C=O) groups excluding carboxylic acids is 2. The van der Waals surface area contributed by atoms with E-state index in [1.54, 1.807) is 30.6 Å². The first-order valence-electron chi connectivity index (χ1n) is 8.35. The zero-order valence-corrected chi connectivity index (χ0v) is 14.6. The van der Waals surface area contributed by atoms with Crippen LogP contribution in [0.5, 0.6) is 0 Å². The molecule has 1 aromatic carbocycles. The highest BCUT2D eigenvalue weighted by atomic mass is 35.5. The maximum Gasteiger partial charge on any atom is 0.253 e. The van der Waals surface area contributed by atoms with E-state index in [-0.39, 0.29) is 17.9 Å². The van der Waals surface area contributed by atoms with Crippen LogP contribution in [0.4, 0.5) is 0 Å². The minimum Gasteiger partial charge on any atom is -0.349 e. The smallest absolute Gasteiger partial charge is 0.253 e. The summed E-state index contributed by atoms with van der Waals surface area (Å²) in [4.78, 5) is 30.4. The Morgan fingerprint density at radius 1 is 1.20 bits per heavy atom. The standard InChI is InChI=1S/C19H20ClN3O2/c20-16-5-1-3-14(11-16)12-18(24)23-9-6-17(7-10-23)22-19(25)15-4-2-8-21-13-15/h1-5,8,11,13,17H,6-7,9-10,12H2,(H,22,25). The van der Waals surface area contributed by atoms with Crippen molar-refractivity contribution in [3.8, 4) is 0 Å². The minimum atomic E-state index is -0.114. The van der Waals surface area contributed by atoms with E-state index in [0.29, 0.717) is 30.1 Å². The lowest BCUT2D eigenvalue weighted by molar-refractivity contribution is -0.131. The van der Waals surface area contributed by atoms with E-state index in [1.165, 1.54) is 0 Å². The second kappa shape index (κ2) is 8.12. The molecule has 1 saturated heterocycles. The van der Waals surface area contributed by atoms with Gasteiger partial charge in [0.25, 0.3) is 5.91 Å². The molecule has 6 heteroatoms. The van der Waals surface area contributed by atoms with E-state index in [2.05, 4.69) is 10.3 Å². The van der Waals surface area contributed by atoms with Crippen LogP contribution in [0.3, 0.4) is 0 Å². The Hall–Kier alpha value is -2.40. The molecule has 1 fully saturated rings. The lowest BCUT2D eigenvalue weighted by Crippen LogP contribution is -2.47. The van der Waals surface area contributed by atoms with Crippen LogP contribution in [0.25, 0.3) is 0 Å². The van der Waals surface area contributed by atoms with E-state index in [4.69, 9.17) is 11.6 Å². The van der Waals surface area contributed by atoms with E-state index in [1.807, 2.05) is 23.1 Å². The SMILES string of the molecule is O=C(NC1CCN(C(=O)Cc2cccc(Cl)c2)CC1)c1cccnc1. The average Bonchev–Trinajstić information content (AvgIpc) is 2.63. The maximum atomic E-state index is 12.4. The average molecular weight is 358 g/mol. The molecule has 1 N–H and O–H groups in total. The Morgan fingerprint density at radius 2 is 2.00 bits per heavy atom. The molecule has 0 saturated carbocycles. The molecule has 2 amide bonds. The molecule has 25 heavy (non-hydrogen) atoms. The molecule has 0 radical (unpaired) electrons. The summed E-state index contributed by atoms with van der Waals surface area (Å²) in [6.07, 6.45) is 5.06. The van der Waals surface area contributed by atoms with Crippen LogP contribution in [-0.4, -0.2) is 40.8 Å². The number of carbonyl (C=O) groups is 2. The van der Waals surface area contributed by atoms with Gasteiger partial charge in [0, 0.05) is 36.5 Å². The zero-order valence-electron chi connectivity index (χ0n) is 13.8. The highest BCUT2D eigenvalue weighted by Crippen LogP contribution is 2.15. The molecule has 3 rings (SSSR count). The van der Waals surface area contributed by atoms with Crippen molar-refractivity contribution in [1.82, 2.24) is 15.2 Å². The van der Waals surface area contributed by atoms with Crippen molar-refractivity contribution in [1.29, 1.82) is 0 Å². The number of hydrogen-bond donors (Lipinski definition) is 1. The van der Waals surface area contributed by atoms with E-state index in [9.17, 15) is 9.59 Å². The summed E-state index contributed by atoms with van der Waals surface area (Å²) in [5, 5.41) is 3.66. The van der Waals surface area contributed by atoms with Gasteiger partial charge in [-0.1, -0.05) is 23.7 Å². The van der Waals surface area contributed by atoms with Crippen LogP contribution < -0.4 is 5.32 Å². The van der Waals surface area contributed by atoms with Crippen molar-refractivity contribution in [3.05, 3.63) is 64.9 Å². The first-order chi connectivity index (χ1) is 12.1. The molecule has 5 nitrogen and oxygen atoms in total. The summed E-state index contributed by atoms with van der Waals surface area (Å²) < 4.78 is 0. The molecule has 130 valence electrons. The fraction of sp³-hybridized carbons (Fsp3) is 0.316. The normalized spacial score (nSPS) is 15.0. The molecule has 0 unspecified atom stereocenters. The molecule has 1 aromatic heterocycles. The number of hydrogen-bond acceptors (Lipinski definition) is 3. The van der Waals surface area contributed by atoms with Gasteiger partial charge in [-0.15, -0.1) is 0 Å². The van der Waals surface area contributed by atoms with Crippen LogP contribution in [-0.2, 0) is 11.2 Å². The number of rotatable bonds is 4. The summed E-state index contributed by atoms with van der Waals surface area (Å²) in [6, 6.07) is 10.9. The number of nitrogens with one attached hydrogen (secondary N) is 1. The van der Waals surface area contributed by atoms with E-state index >= 15 is 0 Å². The zero-order chi connectivity index (χ0) is 17.6. The molecule has 2 aromatic rings. The number of amides is 2. The van der Waals surface area contributed by atoms with Crippen LogP contribution >= 0.6 is 11.6 Å². The van der Waals surface area contributed by atoms with Gasteiger partial charge in [0.1, 0.15) is 0 Å². The van der Waals surface area contributed by atoms with Gasteiger partial charge in [0.2, 0.25) is 5.91 Å². The predicted molar refractivity (Wildman–Crippen MR) is 96.5 cm³/mol. The minimum absolute atomic E-state index is 0.0860. The Kier molecular flexibility index (Phi) is 5.66. The third-order valence-corrected chi connectivity index (χ3v) is 4.59. The van der Waals surface area contributed by atoms with Gasteiger partial charge >= 0.3 is 0 Å². The van der Waals surface area contributed by atoms with Crippen LogP contribution in [0, 0.1) is 0 Å². The third kappa shape index (κ3) is 4.79. The molecule has 0 spiro atoms. The summed E-state index contributed by atoms with van der Waals surface area (Å²) in [5.41, 5.74) is 1.48. The highest BCUT2D eigenvalue weighted by molar-refractivity contribution is 6.30. The fourth-order valence-corrected chi connectivity index (χ4v) is 3.19. The van der Waals surface area contributed by atoms with Gasteiger partial charge in [-0.25, -0.2) is 0 Å². The summed E-state index contributed by atoms with van der Waals surface area (Å²) >= 11 is 5.96. The summed E-state index contributed by atoms with van der Waals surface area (Å²) in [5.74, 6) is -0.0175. The molecule has 2 heterocycles. The molecule has 0 bridgehead atoms. The Morgan fingerprint density at radius 3 is 2.68 bits per heavy atom. The second-order valence-electron chi connectivity index (χ2n) is 6.18. The number of piperidine rings is 1. The first kappa shape index (κ1) is 17.4. The van der Waals surface area contributed by atoms with Crippen LogP contribution in [0.2, 0.25) is 5.02 Å². The number of aromatic nitrogens is 1. The van der Waals surface area contributed by atoms with E-state index in [0.717, 1.165) is 18.4 Å². The molecule has 1 aliphatic rings. The summed E-state index contributed by atoms with van der Waals surface area (Å²) in [7, 11) is 0. The van der Waals surface area contributed by atoms with Gasteiger partial charge in [0.15, 0.2) is 0 Å². The molecule has 1 aliphatic heterocycles. The topological polar surface area (TPSA) is 62.3 Å². The van der Waals surface area contributed by atoms with Gasteiger partial charge in [0.05, 0.1) is 12.0 Å². The molecule has 0 aliphatic carbocycles. The quantitative estimate of drug-likeness (QED) is 0.915. The fourth-order valence-electron chi connectivity index (χ4n) is 2.97. The third-order valence-electron chi connectivity index (χ3n) is 4.35. The molecular formula is C19H20ClN3O2. The molecule has 0 atom stereocenters.